The van der Waals surface area contributed by atoms with Gasteiger partial charge in [-0.15, -0.1) is 0 Å². The molecule has 4 nitrogen and oxygen atoms in total. The minimum Gasteiger partial charge on any atom is -0.492 e. The zero-order valence-electron chi connectivity index (χ0n) is 11.4. The van der Waals surface area contributed by atoms with Crippen LogP contribution in [0.1, 0.15) is 18.2 Å². The minimum absolute atomic E-state index is 0.101. The third-order valence-electron chi connectivity index (χ3n) is 3.08. The van der Waals surface area contributed by atoms with Gasteiger partial charge < -0.3 is 4.74 Å². The van der Waals surface area contributed by atoms with E-state index in [-0.39, 0.29) is 27.1 Å². The molecule has 22 heavy (non-hydrogen) atoms. The van der Waals surface area contributed by atoms with Crippen molar-refractivity contribution in [3.63, 3.8) is 0 Å². The second kappa shape index (κ2) is 5.68. The summed E-state index contributed by atoms with van der Waals surface area (Å²) in [6.45, 7) is 1.41. The third-order valence-corrected chi connectivity index (χ3v) is 3.71. The fraction of sp³-hybridized carbons (Fsp3) is 0.214. The van der Waals surface area contributed by atoms with Crippen molar-refractivity contribution in [2.45, 2.75) is 13.1 Å². The van der Waals surface area contributed by atoms with E-state index in [0.29, 0.717) is 0 Å². The lowest BCUT2D eigenvalue weighted by Gasteiger charge is -2.16. The van der Waals surface area contributed by atoms with Crippen molar-refractivity contribution >= 4 is 33.1 Å². The first-order chi connectivity index (χ1) is 10.2. The Hall–Kier alpha value is -1.96. The van der Waals surface area contributed by atoms with E-state index >= 15 is 0 Å². The van der Waals surface area contributed by atoms with Gasteiger partial charge in [0.1, 0.15) is 0 Å². The van der Waals surface area contributed by atoms with E-state index in [1.54, 1.807) is 0 Å². The summed E-state index contributed by atoms with van der Waals surface area (Å²) < 4.78 is 43.4. The number of aromatic nitrogens is 1. The van der Waals surface area contributed by atoms with Gasteiger partial charge in [0, 0.05) is 16.2 Å². The number of pyridine rings is 1. The van der Waals surface area contributed by atoms with Crippen LogP contribution >= 0.6 is 15.9 Å². The minimum atomic E-state index is -4.62. The first-order valence-corrected chi connectivity index (χ1v) is 6.74. The lowest BCUT2D eigenvalue weighted by molar-refractivity contribution is -0.138. The van der Waals surface area contributed by atoms with E-state index in [4.69, 9.17) is 4.74 Å². The maximum Gasteiger partial charge on any atom is 0.417 e. The molecule has 0 saturated heterocycles. The fourth-order valence-corrected chi connectivity index (χ4v) is 2.39. The molecule has 1 heterocycles. The molecule has 0 N–H and O–H groups in total. The number of rotatable bonds is 2. The van der Waals surface area contributed by atoms with E-state index in [1.807, 2.05) is 0 Å². The number of halogens is 4. The van der Waals surface area contributed by atoms with Crippen LogP contribution in [0.4, 0.5) is 13.2 Å². The Kier molecular flexibility index (Phi) is 4.23. The molecule has 8 heteroatoms. The number of hydrogen-bond acceptors (Lipinski definition) is 4. The summed E-state index contributed by atoms with van der Waals surface area (Å²) in [7, 11) is 1.21. The molecule has 0 saturated carbocycles. The van der Waals surface area contributed by atoms with Gasteiger partial charge >= 0.3 is 6.18 Å². The Bertz CT molecular complexity index is 735. The van der Waals surface area contributed by atoms with Crippen molar-refractivity contribution in [1.82, 2.24) is 4.98 Å². The highest BCUT2D eigenvalue weighted by molar-refractivity contribution is 9.10. The Morgan fingerprint density at radius 1 is 1.27 bits per heavy atom. The molecule has 116 valence electrons. The highest BCUT2D eigenvalue weighted by atomic mass is 79.9. The summed E-state index contributed by atoms with van der Waals surface area (Å²) in [5.74, 6) is -1.38. The number of carbonyl (C=O) groups is 2. The molecule has 0 atom stereocenters. The largest absolute Gasteiger partial charge is 0.492 e. The van der Waals surface area contributed by atoms with Gasteiger partial charge in [-0.05, 0) is 35.0 Å². The number of allylic oxidation sites excluding steroid dienone is 3. The molecule has 0 bridgehead atoms. The molecule has 1 aromatic rings. The molecule has 1 aliphatic rings. The number of Topliss-reactive ketones (excluding diaryl/α,β-unsaturated/α-hetero) is 1. The number of carbonyl (C=O) groups excluding carboxylic acids is 2. The molecule has 0 radical (unpaired) electrons. The maximum atomic E-state index is 12.9. The van der Waals surface area contributed by atoms with Crippen LogP contribution in [0.25, 0.3) is 5.57 Å². The molecule has 0 unspecified atom stereocenters. The molecular formula is C14H9BrF3NO3. The van der Waals surface area contributed by atoms with Gasteiger partial charge in [0.25, 0.3) is 0 Å². The Labute approximate surface area is 131 Å². The van der Waals surface area contributed by atoms with Crippen molar-refractivity contribution in [2.24, 2.45) is 0 Å². The SMILES string of the molecule is COC1=C(C)C(=O)C=C(c2cc(C(F)(F)F)c(Br)cn2)C1=O. The van der Waals surface area contributed by atoms with Gasteiger partial charge in [-0.25, -0.2) is 0 Å². The maximum absolute atomic E-state index is 12.9. The van der Waals surface area contributed by atoms with Crippen molar-refractivity contribution in [3.05, 3.63) is 45.4 Å². The summed E-state index contributed by atoms with van der Waals surface area (Å²) in [6.07, 6.45) is -2.71. The highest BCUT2D eigenvalue weighted by Gasteiger charge is 2.35. The molecule has 2 rings (SSSR count). The van der Waals surface area contributed by atoms with Gasteiger partial charge in [0.05, 0.1) is 23.9 Å². The van der Waals surface area contributed by atoms with Crippen LogP contribution in [0.2, 0.25) is 0 Å². The lowest BCUT2D eigenvalue weighted by Crippen LogP contribution is -2.19. The number of alkyl halides is 3. The molecule has 0 spiro atoms. The van der Waals surface area contributed by atoms with E-state index in [2.05, 4.69) is 20.9 Å². The molecular weight excluding hydrogens is 367 g/mol. The fourth-order valence-electron chi connectivity index (χ4n) is 1.95. The van der Waals surface area contributed by atoms with E-state index in [0.717, 1.165) is 18.3 Å². The van der Waals surface area contributed by atoms with Crippen LogP contribution in [0.15, 0.2) is 34.1 Å². The third kappa shape index (κ3) is 2.83. The first-order valence-electron chi connectivity index (χ1n) is 5.95. The number of hydrogen-bond donors (Lipinski definition) is 0. The molecule has 0 aromatic carbocycles. The van der Waals surface area contributed by atoms with Crippen LogP contribution in [0.5, 0.6) is 0 Å². The molecule has 1 aliphatic carbocycles. The summed E-state index contributed by atoms with van der Waals surface area (Å²) in [4.78, 5) is 27.8. The summed E-state index contributed by atoms with van der Waals surface area (Å²) in [5, 5.41) is 0. The van der Waals surface area contributed by atoms with Gasteiger partial charge in [0.15, 0.2) is 11.5 Å². The lowest BCUT2D eigenvalue weighted by atomic mass is 9.93. The zero-order valence-corrected chi connectivity index (χ0v) is 13.0. The van der Waals surface area contributed by atoms with Crippen LogP contribution in [0, 0.1) is 0 Å². The van der Waals surface area contributed by atoms with Crippen LogP contribution < -0.4 is 0 Å². The average molecular weight is 376 g/mol. The van der Waals surface area contributed by atoms with E-state index < -0.39 is 23.3 Å². The Morgan fingerprint density at radius 2 is 1.91 bits per heavy atom. The smallest absolute Gasteiger partial charge is 0.417 e. The van der Waals surface area contributed by atoms with Crippen molar-refractivity contribution in [1.29, 1.82) is 0 Å². The Morgan fingerprint density at radius 3 is 2.45 bits per heavy atom. The standard InChI is InChI=1S/C14H9BrF3NO3/c1-6-11(20)3-7(12(21)13(6)22-2)10-4-8(14(16,17)18)9(15)5-19-10/h3-5H,1-2H3. The van der Waals surface area contributed by atoms with Crippen molar-refractivity contribution < 1.29 is 27.5 Å². The van der Waals surface area contributed by atoms with Gasteiger partial charge in [-0.3, -0.25) is 14.6 Å². The quantitative estimate of drug-likeness (QED) is 0.744. The molecule has 0 amide bonds. The Balaban J connectivity index is 2.56. The average Bonchev–Trinajstić information content (AvgIpc) is 2.43. The van der Waals surface area contributed by atoms with Crippen LogP contribution in [-0.2, 0) is 20.5 Å². The predicted octanol–water partition coefficient (Wildman–Crippen LogP) is 3.32. The van der Waals surface area contributed by atoms with Crippen molar-refractivity contribution in [2.75, 3.05) is 7.11 Å². The number of nitrogens with zero attached hydrogens (tertiary/aromatic N) is 1. The molecule has 0 fully saturated rings. The normalized spacial score (nSPS) is 16.0. The number of methoxy groups -OCH3 is 1. The summed E-state index contributed by atoms with van der Waals surface area (Å²) in [6, 6.07) is 0.717. The predicted molar refractivity (Wildman–Crippen MR) is 74.6 cm³/mol. The topological polar surface area (TPSA) is 56.3 Å². The summed E-state index contributed by atoms with van der Waals surface area (Å²) in [5.41, 5.74) is -1.35. The van der Waals surface area contributed by atoms with Crippen LogP contribution in [0.3, 0.4) is 0 Å². The zero-order chi connectivity index (χ0) is 16.7. The first kappa shape index (κ1) is 16.4. The molecule has 0 aliphatic heterocycles. The highest BCUT2D eigenvalue weighted by Crippen LogP contribution is 2.36. The summed E-state index contributed by atoms with van der Waals surface area (Å²) >= 11 is 2.76. The molecule has 1 aromatic heterocycles. The number of ether oxygens (including phenoxy) is 1. The monoisotopic (exact) mass is 375 g/mol. The van der Waals surface area contributed by atoms with E-state index in [9.17, 15) is 22.8 Å². The van der Waals surface area contributed by atoms with Gasteiger partial charge in [-0.1, -0.05) is 0 Å². The second-order valence-corrected chi connectivity index (χ2v) is 5.31. The second-order valence-electron chi connectivity index (χ2n) is 4.46. The van der Waals surface area contributed by atoms with E-state index in [1.165, 1.54) is 14.0 Å². The van der Waals surface area contributed by atoms with Gasteiger partial charge in [-0.2, -0.15) is 13.2 Å². The van der Waals surface area contributed by atoms with Crippen molar-refractivity contribution in [3.8, 4) is 0 Å². The number of ketones is 2. The van der Waals surface area contributed by atoms with Gasteiger partial charge in [0.2, 0.25) is 5.78 Å². The van der Waals surface area contributed by atoms with Crippen LogP contribution in [-0.4, -0.2) is 23.7 Å².